The Morgan fingerprint density at radius 2 is 2.10 bits per heavy atom. The molecule has 2 heterocycles. The number of ether oxygens (including phenoxy) is 1. The standard InChI is InChI=1S/C23H29N3O3/c1-4-12-25(13-10-19-7-5-6-11-24-19)23(28)18-15-22(27)26(16-18)20-14-17(2)8-9-21(20)29-3/h5-9,11,14,18H,4,10,12-13,15-16H2,1-3H3/t18-/m1/s1. The lowest BCUT2D eigenvalue weighted by atomic mass is 10.1. The van der Waals surface area contributed by atoms with Crippen LogP contribution in [0, 0.1) is 12.8 Å². The molecule has 0 aliphatic carbocycles. The van der Waals surface area contributed by atoms with Crippen molar-refractivity contribution in [3.63, 3.8) is 0 Å². The maximum absolute atomic E-state index is 13.2. The van der Waals surface area contributed by atoms with Crippen molar-refractivity contribution in [3.8, 4) is 5.75 Å². The Balaban J connectivity index is 1.71. The number of benzene rings is 1. The van der Waals surface area contributed by atoms with Gasteiger partial charge in [0.1, 0.15) is 5.75 Å². The number of anilines is 1. The molecule has 2 aromatic rings. The summed E-state index contributed by atoms with van der Waals surface area (Å²) in [5.41, 5.74) is 2.75. The number of hydrogen-bond donors (Lipinski definition) is 0. The SMILES string of the molecule is CCCN(CCc1ccccn1)C(=O)[C@@H]1CC(=O)N(c2cc(C)ccc2OC)C1. The highest BCUT2D eigenvalue weighted by Gasteiger charge is 2.38. The van der Waals surface area contributed by atoms with Crippen LogP contribution in [0.5, 0.6) is 5.75 Å². The first-order valence-corrected chi connectivity index (χ1v) is 10.2. The maximum atomic E-state index is 13.2. The minimum absolute atomic E-state index is 0.0339. The number of pyridine rings is 1. The van der Waals surface area contributed by atoms with E-state index in [4.69, 9.17) is 4.74 Å². The Kier molecular flexibility index (Phi) is 6.86. The predicted octanol–water partition coefficient (Wildman–Crippen LogP) is 3.23. The quantitative estimate of drug-likeness (QED) is 0.688. The van der Waals surface area contributed by atoms with E-state index in [1.807, 2.05) is 48.2 Å². The molecule has 0 unspecified atom stereocenters. The molecular formula is C23H29N3O3. The molecule has 29 heavy (non-hydrogen) atoms. The highest BCUT2D eigenvalue weighted by Crippen LogP contribution is 2.34. The summed E-state index contributed by atoms with van der Waals surface area (Å²) in [5.74, 6) is 0.333. The molecule has 0 N–H and O–H groups in total. The largest absolute Gasteiger partial charge is 0.495 e. The molecule has 6 heteroatoms. The van der Waals surface area contributed by atoms with Crippen LogP contribution in [0.15, 0.2) is 42.6 Å². The molecule has 0 spiro atoms. The van der Waals surface area contributed by atoms with Gasteiger partial charge >= 0.3 is 0 Å². The first-order valence-electron chi connectivity index (χ1n) is 10.2. The third kappa shape index (κ3) is 4.94. The number of carbonyl (C=O) groups excluding carboxylic acids is 2. The van der Waals surface area contributed by atoms with Crippen molar-refractivity contribution in [3.05, 3.63) is 53.9 Å². The van der Waals surface area contributed by atoms with Crippen LogP contribution < -0.4 is 9.64 Å². The van der Waals surface area contributed by atoms with Crippen LogP contribution in [0.3, 0.4) is 0 Å². The van der Waals surface area contributed by atoms with Gasteiger partial charge in [-0.2, -0.15) is 0 Å². The van der Waals surface area contributed by atoms with E-state index in [0.717, 1.165) is 23.4 Å². The fraction of sp³-hybridized carbons (Fsp3) is 0.435. The highest BCUT2D eigenvalue weighted by atomic mass is 16.5. The van der Waals surface area contributed by atoms with E-state index < -0.39 is 0 Å². The Labute approximate surface area is 172 Å². The summed E-state index contributed by atoms with van der Waals surface area (Å²) in [6, 6.07) is 11.6. The van der Waals surface area contributed by atoms with Crippen LogP contribution in [0.4, 0.5) is 5.69 Å². The second kappa shape index (κ2) is 9.54. The summed E-state index contributed by atoms with van der Waals surface area (Å²) in [4.78, 5) is 33.8. The first kappa shape index (κ1) is 20.8. The van der Waals surface area contributed by atoms with Gasteiger partial charge in [-0.1, -0.05) is 19.1 Å². The predicted molar refractivity (Wildman–Crippen MR) is 113 cm³/mol. The Hall–Kier alpha value is -2.89. The fourth-order valence-corrected chi connectivity index (χ4v) is 3.77. The second-order valence-electron chi connectivity index (χ2n) is 7.48. The molecule has 154 valence electrons. The molecule has 1 aliphatic rings. The molecule has 3 rings (SSSR count). The number of methoxy groups -OCH3 is 1. The monoisotopic (exact) mass is 395 g/mol. The van der Waals surface area contributed by atoms with Crippen molar-refractivity contribution >= 4 is 17.5 Å². The van der Waals surface area contributed by atoms with Crippen molar-refractivity contribution in [1.29, 1.82) is 0 Å². The lowest BCUT2D eigenvalue weighted by Crippen LogP contribution is -2.39. The minimum atomic E-state index is -0.331. The van der Waals surface area contributed by atoms with Crippen LogP contribution >= 0.6 is 0 Å². The zero-order valence-corrected chi connectivity index (χ0v) is 17.4. The highest BCUT2D eigenvalue weighted by molar-refractivity contribution is 6.01. The molecule has 1 aromatic carbocycles. The zero-order chi connectivity index (χ0) is 20.8. The molecule has 6 nitrogen and oxygen atoms in total. The van der Waals surface area contributed by atoms with Gasteiger partial charge in [-0.15, -0.1) is 0 Å². The Morgan fingerprint density at radius 1 is 1.28 bits per heavy atom. The third-order valence-corrected chi connectivity index (χ3v) is 5.27. The summed E-state index contributed by atoms with van der Waals surface area (Å²) < 4.78 is 5.43. The fourth-order valence-electron chi connectivity index (χ4n) is 3.77. The van der Waals surface area contributed by atoms with Crippen molar-refractivity contribution in [2.24, 2.45) is 5.92 Å². The van der Waals surface area contributed by atoms with Gasteiger partial charge in [-0.3, -0.25) is 14.6 Å². The minimum Gasteiger partial charge on any atom is -0.495 e. The molecule has 0 saturated carbocycles. The van der Waals surface area contributed by atoms with Gasteiger partial charge in [0.25, 0.3) is 0 Å². The summed E-state index contributed by atoms with van der Waals surface area (Å²) in [7, 11) is 1.60. The van der Waals surface area contributed by atoms with Crippen LogP contribution in [0.2, 0.25) is 0 Å². The number of aryl methyl sites for hydroxylation is 1. The molecule has 1 fully saturated rings. The molecule has 1 aliphatic heterocycles. The van der Waals surface area contributed by atoms with E-state index >= 15 is 0 Å². The van der Waals surface area contributed by atoms with E-state index in [1.54, 1.807) is 18.2 Å². The van der Waals surface area contributed by atoms with E-state index in [1.165, 1.54) is 0 Å². The van der Waals surface area contributed by atoms with Gasteiger partial charge in [0.2, 0.25) is 11.8 Å². The molecule has 0 bridgehead atoms. The number of amides is 2. The second-order valence-corrected chi connectivity index (χ2v) is 7.48. The third-order valence-electron chi connectivity index (χ3n) is 5.27. The molecule has 1 atom stereocenters. The number of carbonyl (C=O) groups is 2. The Bertz CT molecular complexity index is 854. The van der Waals surface area contributed by atoms with Crippen LogP contribution in [-0.2, 0) is 16.0 Å². The lowest BCUT2D eigenvalue weighted by Gasteiger charge is -2.25. The molecule has 1 aromatic heterocycles. The van der Waals surface area contributed by atoms with Gasteiger partial charge in [-0.05, 0) is 43.2 Å². The van der Waals surface area contributed by atoms with Crippen LogP contribution in [-0.4, -0.2) is 48.4 Å². The number of rotatable bonds is 8. The van der Waals surface area contributed by atoms with E-state index in [9.17, 15) is 9.59 Å². The number of hydrogen-bond acceptors (Lipinski definition) is 4. The van der Waals surface area contributed by atoms with Gasteiger partial charge in [-0.25, -0.2) is 0 Å². The first-order chi connectivity index (χ1) is 14.0. The maximum Gasteiger partial charge on any atom is 0.228 e. The zero-order valence-electron chi connectivity index (χ0n) is 17.4. The van der Waals surface area contributed by atoms with Gasteiger partial charge in [0.15, 0.2) is 0 Å². The van der Waals surface area contributed by atoms with Gasteiger partial charge < -0.3 is 14.5 Å². The summed E-state index contributed by atoms with van der Waals surface area (Å²) in [6.07, 6.45) is 3.59. The normalized spacial score (nSPS) is 16.2. The van der Waals surface area contributed by atoms with Crippen molar-refractivity contribution in [1.82, 2.24) is 9.88 Å². The summed E-state index contributed by atoms with van der Waals surface area (Å²) >= 11 is 0. The van der Waals surface area contributed by atoms with Crippen molar-refractivity contribution < 1.29 is 14.3 Å². The molecule has 2 amide bonds. The average Bonchev–Trinajstić information content (AvgIpc) is 3.12. The Morgan fingerprint density at radius 3 is 2.79 bits per heavy atom. The van der Waals surface area contributed by atoms with E-state index in [-0.39, 0.29) is 24.2 Å². The molecule has 0 radical (unpaired) electrons. The lowest BCUT2D eigenvalue weighted by molar-refractivity contribution is -0.135. The topological polar surface area (TPSA) is 62.7 Å². The molecule has 1 saturated heterocycles. The number of aromatic nitrogens is 1. The molecular weight excluding hydrogens is 366 g/mol. The number of nitrogens with zero attached hydrogens (tertiary/aromatic N) is 3. The smallest absolute Gasteiger partial charge is 0.228 e. The van der Waals surface area contributed by atoms with E-state index in [0.29, 0.717) is 31.8 Å². The average molecular weight is 396 g/mol. The van der Waals surface area contributed by atoms with E-state index in [2.05, 4.69) is 11.9 Å². The van der Waals surface area contributed by atoms with Crippen LogP contribution in [0.1, 0.15) is 31.0 Å². The van der Waals surface area contributed by atoms with Crippen molar-refractivity contribution in [2.75, 3.05) is 31.6 Å². The summed E-state index contributed by atoms with van der Waals surface area (Å²) in [5, 5.41) is 0. The van der Waals surface area contributed by atoms with Gasteiger partial charge in [0, 0.05) is 44.4 Å². The summed E-state index contributed by atoms with van der Waals surface area (Å²) in [6.45, 7) is 5.73. The van der Waals surface area contributed by atoms with Crippen LogP contribution in [0.25, 0.3) is 0 Å². The van der Waals surface area contributed by atoms with Gasteiger partial charge in [0.05, 0.1) is 18.7 Å². The van der Waals surface area contributed by atoms with Crippen molar-refractivity contribution in [2.45, 2.75) is 33.1 Å².